The van der Waals surface area contributed by atoms with Gasteiger partial charge >= 0.3 is 5.97 Å². The third-order valence-electron chi connectivity index (χ3n) is 4.25. The molecule has 1 aliphatic rings. The van der Waals surface area contributed by atoms with Gasteiger partial charge in [0.05, 0.1) is 6.42 Å². The van der Waals surface area contributed by atoms with Crippen LogP contribution in [0, 0.1) is 12.7 Å². The molecule has 1 saturated carbocycles. The molecule has 24 heavy (non-hydrogen) atoms. The third-order valence-corrected chi connectivity index (χ3v) is 5.22. The van der Waals surface area contributed by atoms with Crippen molar-refractivity contribution in [1.82, 2.24) is 5.32 Å². The van der Waals surface area contributed by atoms with Gasteiger partial charge < -0.3 is 10.4 Å². The predicted molar refractivity (Wildman–Crippen MR) is 89.9 cm³/mol. The lowest BCUT2D eigenvalue weighted by atomic mass is 10.0. The Morgan fingerprint density at radius 3 is 2.62 bits per heavy atom. The first-order valence-electron chi connectivity index (χ1n) is 7.74. The zero-order valence-corrected chi connectivity index (χ0v) is 14.1. The molecular weight excluding hydrogens is 329 g/mol. The number of aromatic carboxylic acids is 1. The molecule has 1 amide bonds. The van der Waals surface area contributed by atoms with Gasteiger partial charge in [-0.25, -0.2) is 9.18 Å². The lowest BCUT2D eigenvalue weighted by Gasteiger charge is -2.18. The summed E-state index contributed by atoms with van der Waals surface area (Å²) in [7, 11) is 0. The second kappa shape index (κ2) is 6.36. The highest BCUT2D eigenvalue weighted by Gasteiger charge is 2.43. The van der Waals surface area contributed by atoms with Crippen molar-refractivity contribution in [1.29, 1.82) is 0 Å². The van der Waals surface area contributed by atoms with E-state index in [0.717, 1.165) is 29.7 Å². The van der Waals surface area contributed by atoms with Gasteiger partial charge in [0.1, 0.15) is 10.7 Å². The van der Waals surface area contributed by atoms with E-state index in [-0.39, 0.29) is 28.6 Å². The molecule has 0 atom stereocenters. The molecule has 2 aromatic rings. The number of aryl methyl sites for hydroxylation is 1. The zero-order chi connectivity index (χ0) is 17.3. The lowest BCUT2D eigenvalue weighted by molar-refractivity contribution is -0.121. The number of hydrogen-bond donors (Lipinski definition) is 2. The first-order chi connectivity index (χ1) is 11.4. The predicted octanol–water partition coefficient (Wildman–Crippen LogP) is 3.33. The molecule has 0 bridgehead atoms. The SMILES string of the molecule is Cc1cc(CC2(NC(=O)Cc3csc(C(=O)O)c3)CC2)ccc1F. The van der Waals surface area contributed by atoms with Crippen molar-refractivity contribution in [3.8, 4) is 0 Å². The normalized spacial score (nSPS) is 15.1. The maximum Gasteiger partial charge on any atom is 0.345 e. The molecule has 6 heteroatoms. The van der Waals surface area contributed by atoms with Gasteiger partial charge in [0.25, 0.3) is 0 Å². The fourth-order valence-electron chi connectivity index (χ4n) is 2.81. The molecule has 1 aliphatic carbocycles. The second-order valence-corrected chi connectivity index (χ2v) is 7.30. The van der Waals surface area contributed by atoms with Crippen LogP contribution in [0.3, 0.4) is 0 Å². The number of rotatable bonds is 6. The Kier molecular flexibility index (Phi) is 4.41. The van der Waals surface area contributed by atoms with Crippen molar-refractivity contribution in [2.24, 2.45) is 0 Å². The minimum absolute atomic E-state index is 0.110. The lowest BCUT2D eigenvalue weighted by Crippen LogP contribution is -2.39. The molecule has 0 radical (unpaired) electrons. The summed E-state index contributed by atoms with van der Waals surface area (Å²) < 4.78 is 13.3. The minimum Gasteiger partial charge on any atom is -0.477 e. The molecular formula is C18H18FNO3S. The van der Waals surface area contributed by atoms with Crippen LogP contribution >= 0.6 is 11.3 Å². The standard InChI is InChI=1S/C18H18FNO3S/c1-11-6-12(2-3-14(11)19)9-18(4-5-18)20-16(21)8-13-7-15(17(22)23)24-10-13/h2-3,6-7,10H,4-5,8-9H2,1H3,(H,20,21)(H,22,23). The Morgan fingerprint density at radius 2 is 2.04 bits per heavy atom. The van der Waals surface area contributed by atoms with Crippen LogP contribution < -0.4 is 5.32 Å². The number of nitrogens with one attached hydrogen (secondary N) is 1. The number of carboxylic acids is 1. The molecule has 4 nitrogen and oxygen atoms in total. The second-order valence-electron chi connectivity index (χ2n) is 6.39. The molecule has 0 unspecified atom stereocenters. The number of carbonyl (C=O) groups excluding carboxylic acids is 1. The Morgan fingerprint density at radius 1 is 1.29 bits per heavy atom. The topological polar surface area (TPSA) is 66.4 Å². The number of carboxylic acid groups (broad SMARTS) is 1. The Hall–Kier alpha value is -2.21. The van der Waals surface area contributed by atoms with Gasteiger partial charge in [0.2, 0.25) is 5.91 Å². The summed E-state index contributed by atoms with van der Waals surface area (Å²) in [4.78, 5) is 23.4. The number of carbonyl (C=O) groups is 2. The quantitative estimate of drug-likeness (QED) is 0.842. The highest BCUT2D eigenvalue weighted by atomic mass is 32.1. The van der Waals surface area contributed by atoms with Crippen LogP contribution in [0.15, 0.2) is 29.6 Å². The van der Waals surface area contributed by atoms with Crippen LogP contribution in [0.1, 0.15) is 39.2 Å². The molecule has 2 N–H and O–H groups in total. The van der Waals surface area contributed by atoms with Crippen LogP contribution in [-0.2, 0) is 17.6 Å². The van der Waals surface area contributed by atoms with Crippen molar-refractivity contribution in [3.05, 3.63) is 57.0 Å². The van der Waals surface area contributed by atoms with Gasteiger partial charge in [0.15, 0.2) is 0 Å². The van der Waals surface area contributed by atoms with Crippen molar-refractivity contribution >= 4 is 23.2 Å². The summed E-state index contributed by atoms with van der Waals surface area (Å²) in [6.45, 7) is 1.73. The van der Waals surface area contributed by atoms with Crippen molar-refractivity contribution in [3.63, 3.8) is 0 Å². The zero-order valence-electron chi connectivity index (χ0n) is 13.3. The minimum atomic E-state index is -0.975. The molecule has 1 fully saturated rings. The maximum absolute atomic E-state index is 13.3. The summed E-state index contributed by atoms with van der Waals surface area (Å²) in [5, 5.41) is 13.7. The number of halogens is 1. The summed E-state index contributed by atoms with van der Waals surface area (Å²) in [6, 6.07) is 6.57. The highest BCUT2D eigenvalue weighted by Crippen LogP contribution is 2.39. The fraction of sp³-hybridized carbons (Fsp3) is 0.333. The van der Waals surface area contributed by atoms with Gasteiger partial charge in [-0.1, -0.05) is 12.1 Å². The van der Waals surface area contributed by atoms with Crippen LogP contribution in [0.2, 0.25) is 0 Å². The summed E-state index contributed by atoms with van der Waals surface area (Å²) in [5.41, 5.74) is 2.08. The molecule has 3 rings (SSSR count). The van der Waals surface area contributed by atoms with Gasteiger partial charge in [-0.2, -0.15) is 0 Å². The van der Waals surface area contributed by atoms with Gasteiger partial charge in [-0.3, -0.25) is 4.79 Å². The first-order valence-corrected chi connectivity index (χ1v) is 8.62. The van der Waals surface area contributed by atoms with E-state index in [9.17, 15) is 14.0 Å². The Bertz CT molecular complexity index is 795. The largest absolute Gasteiger partial charge is 0.477 e. The van der Waals surface area contributed by atoms with E-state index in [2.05, 4.69) is 5.32 Å². The number of thiophene rings is 1. The molecule has 0 spiro atoms. The first kappa shape index (κ1) is 16.6. The number of amides is 1. The third kappa shape index (κ3) is 3.82. The Balaban J connectivity index is 1.60. The van der Waals surface area contributed by atoms with E-state index < -0.39 is 5.97 Å². The average molecular weight is 347 g/mol. The van der Waals surface area contributed by atoms with E-state index in [0.29, 0.717) is 17.5 Å². The molecule has 0 aliphatic heterocycles. The molecule has 0 saturated heterocycles. The molecule has 1 aromatic heterocycles. The molecule has 1 aromatic carbocycles. The van der Waals surface area contributed by atoms with E-state index in [4.69, 9.17) is 5.11 Å². The van der Waals surface area contributed by atoms with E-state index in [1.807, 2.05) is 6.07 Å². The fourth-order valence-corrected chi connectivity index (χ4v) is 3.56. The molecule has 1 heterocycles. The van der Waals surface area contributed by atoms with E-state index in [1.54, 1.807) is 18.4 Å². The van der Waals surface area contributed by atoms with Gasteiger partial charge in [0, 0.05) is 5.54 Å². The van der Waals surface area contributed by atoms with Crippen LogP contribution in [0.4, 0.5) is 4.39 Å². The maximum atomic E-state index is 13.3. The smallest absolute Gasteiger partial charge is 0.345 e. The van der Waals surface area contributed by atoms with Crippen LogP contribution in [0.5, 0.6) is 0 Å². The summed E-state index contributed by atoms with van der Waals surface area (Å²) >= 11 is 1.12. The number of benzene rings is 1. The monoisotopic (exact) mass is 347 g/mol. The van der Waals surface area contributed by atoms with Crippen LogP contribution in [-0.4, -0.2) is 22.5 Å². The highest BCUT2D eigenvalue weighted by molar-refractivity contribution is 7.12. The summed E-state index contributed by atoms with van der Waals surface area (Å²) in [6.07, 6.45) is 2.66. The molecule has 126 valence electrons. The van der Waals surface area contributed by atoms with E-state index in [1.165, 1.54) is 12.1 Å². The van der Waals surface area contributed by atoms with Gasteiger partial charge in [-0.05, 0) is 60.4 Å². The summed E-state index contributed by atoms with van der Waals surface area (Å²) in [5.74, 6) is -1.31. The van der Waals surface area contributed by atoms with E-state index >= 15 is 0 Å². The average Bonchev–Trinajstić information content (AvgIpc) is 3.07. The number of hydrogen-bond acceptors (Lipinski definition) is 3. The van der Waals surface area contributed by atoms with Crippen LogP contribution in [0.25, 0.3) is 0 Å². The van der Waals surface area contributed by atoms with Crippen molar-refractivity contribution in [2.75, 3.05) is 0 Å². The van der Waals surface area contributed by atoms with Crippen molar-refractivity contribution in [2.45, 2.75) is 38.1 Å². The van der Waals surface area contributed by atoms with Crippen molar-refractivity contribution < 1.29 is 19.1 Å². The van der Waals surface area contributed by atoms with Gasteiger partial charge in [-0.15, -0.1) is 11.3 Å². The Labute approximate surface area is 143 Å².